The standard InChI is InChI=1S/C31H32ClN5O3S/c1-5-25-28(15-22(40-4)17-34-25)37-27(14-19(2)3)23(30(38)36-12-10-33-11-13-36)16-24(31(37)39)29-35-26(18-41-29)20-6-8-21(32)9-7-20/h6-9,14-18,33H,5,10-13H2,1-4H3. The second kappa shape index (κ2) is 12.4. The van der Waals surface area contributed by atoms with Gasteiger partial charge in [-0.15, -0.1) is 11.3 Å². The summed E-state index contributed by atoms with van der Waals surface area (Å²) in [5.41, 5.74) is 4.89. The molecule has 41 heavy (non-hydrogen) atoms. The quantitative estimate of drug-likeness (QED) is 0.297. The summed E-state index contributed by atoms with van der Waals surface area (Å²) >= 11 is 7.45. The number of aromatic nitrogens is 3. The van der Waals surface area contributed by atoms with Crippen LogP contribution in [0.2, 0.25) is 5.02 Å². The fourth-order valence-electron chi connectivity index (χ4n) is 4.84. The molecule has 3 aromatic heterocycles. The van der Waals surface area contributed by atoms with Gasteiger partial charge in [-0.05, 0) is 44.5 Å². The number of hydrogen-bond donors (Lipinski definition) is 1. The van der Waals surface area contributed by atoms with Gasteiger partial charge in [0.05, 0.1) is 47.2 Å². The Kier molecular flexibility index (Phi) is 8.68. The van der Waals surface area contributed by atoms with Crippen molar-refractivity contribution < 1.29 is 9.53 Å². The molecule has 1 fully saturated rings. The molecule has 1 aromatic carbocycles. The van der Waals surface area contributed by atoms with Crippen LogP contribution in [0.5, 0.6) is 5.75 Å². The average Bonchev–Trinajstić information content (AvgIpc) is 3.47. The number of methoxy groups -OCH3 is 1. The molecule has 1 aliphatic heterocycles. The van der Waals surface area contributed by atoms with E-state index in [-0.39, 0.29) is 11.5 Å². The van der Waals surface area contributed by atoms with Crippen LogP contribution in [-0.2, 0) is 6.42 Å². The number of carbonyl (C=O) groups is 1. The van der Waals surface area contributed by atoms with Gasteiger partial charge in [-0.1, -0.05) is 36.2 Å². The van der Waals surface area contributed by atoms with Crippen molar-refractivity contribution in [3.8, 4) is 33.3 Å². The van der Waals surface area contributed by atoms with E-state index in [2.05, 4.69) is 10.3 Å². The third-order valence-corrected chi connectivity index (χ3v) is 8.03. The molecule has 0 unspecified atom stereocenters. The number of pyridine rings is 2. The number of thiazole rings is 1. The number of amides is 1. The molecule has 0 atom stereocenters. The molecule has 4 aromatic rings. The number of nitrogens with one attached hydrogen (secondary N) is 1. The molecule has 8 nitrogen and oxygen atoms in total. The first kappa shape index (κ1) is 28.7. The monoisotopic (exact) mass is 589 g/mol. The number of piperazine rings is 1. The van der Waals surface area contributed by atoms with E-state index in [9.17, 15) is 9.59 Å². The van der Waals surface area contributed by atoms with Crippen molar-refractivity contribution in [2.24, 2.45) is 0 Å². The van der Waals surface area contributed by atoms with Gasteiger partial charge in [0.15, 0.2) is 0 Å². The SMILES string of the molecule is CCc1ncc(OC)cc1-n1c(C=C(C)C)c(C(=O)N2CCNCC2)cc(-c2nc(-c3ccc(Cl)cc3)cs2)c1=O. The zero-order valence-corrected chi connectivity index (χ0v) is 25.1. The van der Waals surface area contributed by atoms with Crippen molar-refractivity contribution in [1.29, 1.82) is 0 Å². The largest absolute Gasteiger partial charge is 0.495 e. The summed E-state index contributed by atoms with van der Waals surface area (Å²) in [6.07, 6.45) is 4.12. The zero-order chi connectivity index (χ0) is 29.1. The fourth-order valence-corrected chi connectivity index (χ4v) is 5.80. The highest BCUT2D eigenvalue weighted by Gasteiger charge is 2.27. The molecule has 1 N–H and O–H groups in total. The predicted octanol–water partition coefficient (Wildman–Crippen LogP) is 5.72. The van der Waals surface area contributed by atoms with E-state index >= 15 is 0 Å². The molecule has 4 heterocycles. The van der Waals surface area contributed by atoms with E-state index in [4.69, 9.17) is 21.3 Å². The number of aryl methyl sites for hydroxylation is 1. The lowest BCUT2D eigenvalue weighted by Gasteiger charge is -2.29. The van der Waals surface area contributed by atoms with Gasteiger partial charge in [0, 0.05) is 48.2 Å². The van der Waals surface area contributed by atoms with Gasteiger partial charge >= 0.3 is 0 Å². The summed E-state index contributed by atoms with van der Waals surface area (Å²) in [6, 6.07) is 10.9. The highest BCUT2D eigenvalue weighted by molar-refractivity contribution is 7.13. The summed E-state index contributed by atoms with van der Waals surface area (Å²) in [4.78, 5) is 39.8. The molecule has 0 spiro atoms. The molecule has 10 heteroatoms. The number of ether oxygens (including phenoxy) is 1. The predicted molar refractivity (Wildman–Crippen MR) is 165 cm³/mol. The Balaban J connectivity index is 1.80. The minimum absolute atomic E-state index is 0.127. The van der Waals surface area contributed by atoms with Crippen molar-refractivity contribution in [2.45, 2.75) is 27.2 Å². The molecule has 5 rings (SSSR count). The first-order valence-electron chi connectivity index (χ1n) is 13.5. The van der Waals surface area contributed by atoms with E-state index in [1.807, 2.05) is 61.4 Å². The minimum atomic E-state index is -0.281. The highest BCUT2D eigenvalue weighted by Crippen LogP contribution is 2.31. The Labute approximate surface area is 248 Å². The van der Waals surface area contributed by atoms with Crippen molar-refractivity contribution in [1.82, 2.24) is 24.8 Å². The lowest BCUT2D eigenvalue weighted by molar-refractivity contribution is 0.0735. The molecule has 1 amide bonds. The van der Waals surface area contributed by atoms with Crippen LogP contribution in [-0.4, -0.2) is 58.6 Å². The van der Waals surface area contributed by atoms with Gasteiger partial charge in [0.25, 0.3) is 11.5 Å². The maximum Gasteiger partial charge on any atom is 0.265 e. The summed E-state index contributed by atoms with van der Waals surface area (Å²) in [6.45, 7) is 8.48. The fraction of sp³-hybridized carbons (Fsp3) is 0.290. The van der Waals surface area contributed by atoms with Crippen molar-refractivity contribution in [2.75, 3.05) is 33.3 Å². The Morgan fingerprint density at radius 3 is 2.56 bits per heavy atom. The topological polar surface area (TPSA) is 89.3 Å². The molecule has 0 bridgehead atoms. The number of rotatable bonds is 7. The number of nitrogens with zero attached hydrogens (tertiary/aromatic N) is 4. The molecule has 212 valence electrons. The molecule has 1 aliphatic rings. The van der Waals surface area contributed by atoms with E-state index in [0.29, 0.717) is 70.9 Å². The Bertz CT molecular complexity index is 1670. The average molecular weight is 590 g/mol. The van der Waals surface area contributed by atoms with Gasteiger partial charge in [0.1, 0.15) is 10.8 Å². The number of benzene rings is 1. The summed E-state index contributed by atoms with van der Waals surface area (Å²) < 4.78 is 7.10. The first-order chi connectivity index (χ1) is 19.8. The molecule has 1 saturated heterocycles. The maximum atomic E-state index is 14.5. The van der Waals surface area contributed by atoms with Crippen molar-refractivity contribution >= 4 is 34.9 Å². The summed E-state index contributed by atoms with van der Waals surface area (Å²) in [7, 11) is 1.57. The third-order valence-electron chi connectivity index (χ3n) is 6.91. The molecular formula is C31H32ClN5O3S. The Morgan fingerprint density at radius 2 is 1.90 bits per heavy atom. The highest BCUT2D eigenvalue weighted by atomic mass is 35.5. The van der Waals surface area contributed by atoms with Crippen LogP contribution in [0.15, 0.2) is 58.3 Å². The minimum Gasteiger partial charge on any atom is -0.495 e. The number of halogens is 1. The molecule has 0 saturated carbocycles. The van der Waals surface area contributed by atoms with E-state index in [0.717, 1.165) is 22.5 Å². The van der Waals surface area contributed by atoms with Crippen LogP contribution in [0.25, 0.3) is 33.6 Å². The van der Waals surface area contributed by atoms with Crippen LogP contribution in [0.4, 0.5) is 0 Å². The van der Waals surface area contributed by atoms with E-state index < -0.39 is 0 Å². The van der Waals surface area contributed by atoms with Gasteiger partial charge in [-0.25, -0.2) is 4.98 Å². The number of allylic oxidation sites excluding steroid dienone is 1. The Morgan fingerprint density at radius 1 is 1.17 bits per heavy atom. The second-order valence-corrected chi connectivity index (χ2v) is 11.3. The van der Waals surface area contributed by atoms with Gasteiger partial charge in [0.2, 0.25) is 0 Å². The summed E-state index contributed by atoms with van der Waals surface area (Å²) in [5.74, 6) is 0.393. The van der Waals surface area contributed by atoms with Crippen LogP contribution in [0, 0.1) is 0 Å². The maximum absolute atomic E-state index is 14.5. The third kappa shape index (κ3) is 5.98. The number of carbonyl (C=O) groups excluding carboxylic acids is 1. The summed E-state index contributed by atoms with van der Waals surface area (Å²) in [5, 5.41) is 6.38. The van der Waals surface area contributed by atoms with Crippen LogP contribution in [0.1, 0.15) is 42.5 Å². The van der Waals surface area contributed by atoms with Gasteiger partial charge in [-0.2, -0.15) is 0 Å². The zero-order valence-electron chi connectivity index (χ0n) is 23.5. The molecular weight excluding hydrogens is 558 g/mol. The molecule has 0 radical (unpaired) electrons. The van der Waals surface area contributed by atoms with Gasteiger partial charge < -0.3 is 15.0 Å². The van der Waals surface area contributed by atoms with Crippen LogP contribution in [0.3, 0.4) is 0 Å². The second-order valence-electron chi connectivity index (χ2n) is 10.0. The Hall–Kier alpha value is -3.79. The molecule has 0 aliphatic carbocycles. The van der Waals surface area contributed by atoms with Gasteiger partial charge in [-0.3, -0.25) is 19.1 Å². The normalized spacial score (nSPS) is 13.2. The first-order valence-corrected chi connectivity index (χ1v) is 14.8. The lowest BCUT2D eigenvalue weighted by atomic mass is 10.0. The van der Waals surface area contributed by atoms with Crippen molar-refractivity contribution in [3.05, 3.63) is 85.9 Å². The van der Waals surface area contributed by atoms with E-state index in [1.54, 1.807) is 30.0 Å². The van der Waals surface area contributed by atoms with Crippen LogP contribution >= 0.6 is 22.9 Å². The van der Waals surface area contributed by atoms with E-state index in [1.165, 1.54) is 11.3 Å². The smallest absolute Gasteiger partial charge is 0.265 e. The lowest BCUT2D eigenvalue weighted by Crippen LogP contribution is -2.47. The number of hydrogen-bond acceptors (Lipinski definition) is 7. The van der Waals surface area contributed by atoms with Crippen LogP contribution < -0.4 is 15.6 Å². The van der Waals surface area contributed by atoms with Crippen molar-refractivity contribution in [3.63, 3.8) is 0 Å².